The molecule has 2 aromatic carbocycles. The van der Waals surface area contributed by atoms with E-state index >= 15 is 0 Å². The van der Waals surface area contributed by atoms with Gasteiger partial charge < -0.3 is 18.8 Å². The van der Waals surface area contributed by atoms with Crippen LogP contribution in [0.5, 0.6) is 11.5 Å². The molecule has 29 heavy (non-hydrogen) atoms. The zero-order valence-corrected chi connectivity index (χ0v) is 17.6. The summed E-state index contributed by atoms with van der Waals surface area (Å²) in [6.07, 6.45) is 2.89. The summed E-state index contributed by atoms with van der Waals surface area (Å²) >= 11 is 5.44. The molecule has 1 aromatic heterocycles. The highest BCUT2D eigenvalue weighted by Gasteiger charge is 2.33. The SMILES string of the molecule is COc1ccc([C@H]2CCC[NH+]2Cn2nc(Cc3ccccc3)oc2=S)c(OC)c1. The lowest BCUT2D eigenvalue weighted by molar-refractivity contribution is -0.941. The predicted molar refractivity (Wildman–Crippen MR) is 112 cm³/mol. The van der Waals surface area contributed by atoms with Crippen LogP contribution in [0.2, 0.25) is 0 Å². The topological polar surface area (TPSA) is 53.9 Å². The average Bonchev–Trinajstić information content (AvgIpc) is 3.34. The number of hydrogen-bond acceptors (Lipinski definition) is 5. The van der Waals surface area contributed by atoms with Gasteiger partial charge in [-0.25, -0.2) is 0 Å². The fourth-order valence-electron chi connectivity index (χ4n) is 4.07. The fraction of sp³-hybridized carbons (Fsp3) is 0.364. The second-order valence-corrected chi connectivity index (χ2v) is 7.64. The van der Waals surface area contributed by atoms with E-state index in [0.717, 1.165) is 36.4 Å². The Morgan fingerprint density at radius 1 is 1.17 bits per heavy atom. The molecule has 1 unspecified atom stereocenters. The number of ether oxygens (including phenoxy) is 2. The Morgan fingerprint density at radius 3 is 2.76 bits per heavy atom. The van der Waals surface area contributed by atoms with Crippen LogP contribution < -0.4 is 14.4 Å². The first-order valence-corrected chi connectivity index (χ1v) is 10.3. The van der Waals surface area contributed by atoms with Crippen LogP contribution in [0.25, 0.3) is 0 Å². The minimum absolute atomic E-state index is 0.326. The molecule has 1 aliphatic heterocycles. The quantitative estimate of drug-likeness (QED) is 0.604. The van der Waals surface area contributed by atoms with Crippen molar-refractivity contribution >= 4 is 12.2 Å². The summed E-state index contributed by atoms with van der Waals surface area (Å²) in [6, 6.07) is 16.5. The van der Waals surface area contributed by atoms with Gasteiger partial charge in [-0.15, -0.1) is 5.10 Å². The van der Waals surface area contributed by atoms with Crippen molar-refractivity contribution < 1.29 is 18.8 Å². The standard InChI is InChI=1S/C22H25N3O3S/c1-26-17-10-11-18(20(14-17)27-2)19-9-6-12-24(19)15-25-22(29)28-21(23-25)13-16-7-4-3-5-8-16/h3-5,7-8,10-11,14,19H,6,9,12-13,15H2,1-2H3/p+1/t19-/m1/s1. The van der Waals surface area contributed by atoms with E-state index in [-0.39, 0.29) is 0 Å². The number of nitrogens with zero attached hydrogens (tertiary/aromatic N) is 2. The molecule has 7 heteroatoms. The van der Waals surface area contributed by atoms with E-state index in [2.05, 4.69) is 23.3 Å². The fourth-order valence-corrected chi connectivity index (χ4v) is 4.27. The zero-order valence-electron chi connectivity index (χ0n) is 16.8. The van der Waals surface area contributed by atoms with Gasteiger partial charge in [0.1, 0.15) is 17.5 Å². The lowest BCUT2D eigenvalue weighted by Crippen LogP contribution is -3.09. The van der Waals surface area contributed by atoms with Crippen molar-refractivity contribution in [2.24, 2.45) is 0 Å². The Morgan fingerprint density at radius 2 is 2.00 bits per heavy atom. The maximum atomic E-state index is 5.76. The first-order valence-electron chi connectivity index (χ1n) is 9.85. The molecule has 6 nitrogen and oxygen atoms in total. The number of nitrogens with one attached hydrogen (secondary N) is 1. The van der Waals surface area contributed by atoms with Gasteiger partial charge in [0.15, 0.2) is 6.67 Å². The third kappa shape index (κ3) is 4.36. The van der Waals surface area contributed by atoms with Crippen LogP contribution >= 0.6 is 12.2 Å². The molecule has 152 valence electrons. The van der Waals surface area contributed by atoms with Gasteiger partial charge in [-0.2, -0.15) is 4.68 Å². The van der Waals surface area contributed by atoms with Gasteiger partial charge >= 0.3 is 0 Å². The highest BCUT2D eigenvalue weighted by Crippen LogP contribution is 2.31. The number of methoxy groups -OCH3 is 2. The highest BCUT2D eigenvalue weighted by atomic mass is 32.1. The van der Waals surface area contributed by atoms with Crippen LogP contribution in [0, 0.1) is 4.84 Å². The van der Waals surface area contributed by atoms with Crippen LogP contribution in [0.4, 0.5) is 0 Å². The minimum atomic E-state index is 0.326. The average molecular weight is 413 g/mol. The third-order valence-electron chi connectivity index (χ3n) is 5.50. The van der Waals surface area contributed by atoms with E-state index in [0.29, 0.717) is 29.9 Å². The molecule has 1 aliphatic rings. The smallest absolute Gasteiger partial charge is 0.291 e. The van der Waals surface area contributed by atoms with E-state index < -0.39 is 0 Å². The Balaban J connectivity index is 1.53. The van der Waals surface area contributed by atoms with Gasteiger partial charge in [-0.3, -0.25) is 0 Å². The molecule has 0 saturated carbocycles. The summed E-state index contributed by atoms with van der Waals surface area (Å²) in [6.45, 7) is 1.74. The predicted octanol–water partition coefficient (Wildman–Crippen LogP) is 3.19. The molecule has 3 aromatic rings. The molecule has 0 spiro atoms. The molecule has 1 saturated heterocycles. The Labute approximate surface area is 175 Å². The molecule has 2 atom stereocenters. The summed E-state index contributed by atoms with van der Waals surface area (Å²) < 4.78 is 18.5. The lowest BCUT2D eigenvalue weighted by atomic mass is 10.0. The Bertz CT molecular complexity index is 1020. The van der Waals surface area contributed by atoms with Crippen molar-refractivity contribution in [2.45, 2.75) is 32.0 Å². The number of aromatic nitrogens is 2. The van der Waals surface area contributed by atoms with Crippen molar-refractivity contribution in [2.75, 3.05) is 20.8 Å². The second kappa shape index (κ2) is 8.80. The minimum Gasteiger partial charge on any atom is -0.497 e. The van der Waals surface area contributed by atoms with Gasteiger partial charge in [-0.05, 0) is 29.9 Å². The van der Waals surface area contributed by atoms with E-state index in [1.807, 2.05) is 35.0 Å². The maximum Gasteiger partial charge on any atom is 0.291 e. The van der Waals surface area contributed by atoms with Crippen molar-refractivity contribution in [1.29, 1.82) is 0 Å². The molecule has 0 radical (unpaired) electrons. The maximum absolute atomic E-state index is 5.76. The lowest BCUT2D eigenvalue weighted by Gasteiger charge is -2.23. The van der Waals surface area contributed by atoms with Crippen molar-refractivity contribution in [1.82, 2.24) is 9.78 Å². The van der Waals surface area contributed by atoms with Crippen LogP contribution in [0.1, 0.15) is 35.9 Å². The third-order valence-corrected chi connectivity index (χ3v) is 5.79. The molecule has 0 amide bonds. The molecular weight excluding hydrogens is 386 g/mol. The highest BCUT2D eigenvalue weighted by molar-refractivity contribution is 7.71. The van der Waals surface area contributed by atoms with E-state index in [1.54, 1.807) is 14.2 Å². The summed E-state index contributed by atoms with van der Waals surface area (Å²) in [5.41, 5.74) is 2.35. The monoisotopic (exact) mass is 412 g/mol. The van der Waals surface area contributed by atoms with Crippen LogP contribution in [0.15, 0.2) is 52.9 Å². The summed E-state index contributed by atoms with van der Waals surface area (Å²) in [5, 5.41) is 4.64. The van der Waals surface area contributed by atoms with E-state index in [4.69, 9.17) is 26.1 Å². The summed E-state index contributed by atoms with van der Waals surface area (Å²) in [4.78, 5) is 1.83. The zero-order chi connectivity index (χ0) is 20.2. The number of likely N-dealkylation sites (tertiary alicyclic amines) is 1. The molecule has 0 aliphatic carbocycles. The molecule has 4 rings (SSSR count). The van der Waals surface area contributed by atoms with Crippen LogP contribution in [-0.4, -0.2) is 30.5 Å². The van der Waals surface area contributed by atoms with Gasteiger partial charge in [0, 0.05) is 18.9 Å². The number of quaternary nitrogens is 1. The van der Waals surface area contributed by atoms with Gasteiger partial charge in [0.05, 0.1) is 32.7 Å². The molecular formula is C22H26N3O3S+. The number of rotatable bonds is 7. The van der Waals surface area contributed by atoms with E-state index in [9.17, 15) is 0 Å². The van der Waals surface area contributed by atoms with Gasteiger partial charge in [0.25, 0.3) is 4.84 Å². The molecule has 0 bridgehead atoms. The van der Waals surface area contributed by atoms with Crippen molar-refractivity contribution in [3.8, 4) is 11.5 Å². The number of benzene rings is 2. The Hall–Kier alpha value is -2.64. The second-order valence-electron chi connectivity index (χ2n) is 7.29. The van der Waals surface area contributed by atoms with Crippen LogP contribution in [-0.2, 0) is 13.1 Å². The summed E-state index contributed by atoms with van der Waals surface area (Å²) in [5.74, 6) is 2.31. The summed E-state index contributed by atoms with van der Waals surface area (Å²) in [7, 11) is 3.37. The molecule has 2 heterocycles. The van der Waals surface area contributed by atoms with Crippen molar-refractivity contribution in [3.63, 3.8) is 0 Å². The van der Waals surface area contributed by atoms with Crippen LogP contribution in [0.3, 0.4) is 0 Å². The van der Waals surface area contributed by atoms with Crippen molar-refractivity contribution in [3.05, 3.63) is 70.4 Å². The number of hydrogen-bond donors (Lipinski definition) is 1. The normalized spacial score (nSPS) is 18.7. The van der Waals surface area contributed by atoms with E-state index in [1.165, 1.54) is 10.5 Å². The van der Waals surface area contributed by atoms with Gasteiger partial charge in [0.2, 0.25) is 5.89 Å². The first kappa shape index (κ1) is 19.7. The molecule has 1 N–H and O–H groups in total. The Kier molecular flexibility index (Phi) is 5.97. The van der Waals surface area contributed by atoms with Gasteiger partial charge in [-0.1, -0.05) is 30.3 Å². The molecule has 1 fully saturated rings. The first-order chi connectivity index (χ1) is 14.2. The largest absolute Gasteiger partial charge is 0.497 e.